The van der Waals surface area contributed by atoms with Gasteiger partial charge in [-0.15, -0.1) is 6.58 Å². The first-order valence-electron chi connectivity index (χ1n) is 6.30. The molecule has 1 atom stereocenters. The summed E-state index contributed by atoms with van der Waals surface area (Å²) >= 11 is 0. The minimum atomic E-state index is -0.508. The predicted molar refractivity (Wildman–Crippen MR) is 72.0 cm³/mol. The maximum Gasteiger partial charge on any atom is 0.282 e. The van der Waals surface area contributed by atoms with E-state index in [4.69, 9.17) is 0 Å². The van der Waals surface area contributed by atoms with Crippen molar-refractivity contribution in [2.24, 2.45) is 0 Å². The van der Waals surface area contributed by atoms with Gasteiger partial charge in [-0.25, -0.2) is 0 Å². The van der Waals surface area contributed by atoms with Crippen molar-refractivity contribution in [2.75, 3.05) is 6.54 Å². The Morgan fingerprint density at radius 2 is 2.26 bits per heavy atom. The fraction of sp³-hybridized carbons (Fsp3) is 0.357. The zero-order valence-electron chi connectivity index (χ0n) is 10.6. The van der Waals surface area contributed by atoms with Gasteiger partial charge in [0.1, 0.15) is 5.56 Å². The molecule has 19 heavy (non-hydrogen) atoms. The second-order valence-corrected chi connectivity index (χ2v) is 4.59. The van der Waals surface area contributed by atoms with Gasteiger partial charge in [-0.3, -0.25) is 14.9 Å². The number of nitro benzene ring substituents is 1. The van der Waals surface area contributed by atoms with Gasteiger partial charge in [0.15, 0.2) is 0 Å². The molecule has 0 N–H and O–H groups in total. The van der Waals surface area contributed by atoms with Gasteiger partial charge < -0.3 is 4.90 Å². The van der Waals surface area contributed by atoms with Gasteiger partial charge in [-0.05, 0) is 25.3 Å². The lowest BCUT2D eigenvalue weighted by atomic mass is 10.1. The van der Waals surface area contributed by atoms with E-state index in [0.717, 1.165) is 19.3 Å². The molecular formula is C14H16N2O3. The Hall–Kier alpha value is -2.17. The summed E-state index contributed by atoms with van der Waals surface area (Å²) in [5.74, 6) is -0.253. The topological polar surface area (TPSA) is 63.5 Å². The molecule has 1 aromatic rings. The standard InChI is InChI=1S/C14H16N2O3/c1-2-6-11-7-5-10-15(11)14(17)12-8-3-4-9-13(12)16(18)19/h2-4,8-9,11H,1,5-7,10H2. The van der Waals surface area contributed by atoms with Gasteiger partial charge in [0.2, 0.25) is 0 Å². The molecule has 1 aliphatic rings. The van der Waals surface area contributed by atoms with Crippen molar-refractivity contribution in [1.29, 1.82) is 0 Å². The van der Waals surface area contributed by atoms with Gasteiger partial charge in [0.25, 0.3) is 11.6 Å². The summed E-state index contributed by atoms with van der Waals surface area (Å²) in [4.78, 5) is 24.6. The fourth-order valence-corrected chi connectivity index (χ4v) is 2.51. The first kappa shape index (κ1) is 13.3. The lowest BCUT2D eigenvalue weighted by molar-refractivity contribution is -0.385. The highest BCUT2D eigenvalue weighted by atomic mass is 16.6. The molecule has 0 aliphatic carbocycles. The molecule has 1 aliphatic heterocycles. The zero-order valence-corrected chi connectivity index (χ0v) is 10.6. The highest BCUT2D eigenvalue weighted by Crippen LogP contribution is 2.26. The largest absolute Gasteiger partial charge is 0.335 e. The van der Waals surface area contributed by atoms with Crippen LogP contribution in [0.2, 0.25) is 0 Å². The quantitative estimate of drug-likeness (QED) is 0.475. The predicted octanol–water partition coefficient (Wildman–Crippen LogP) is 2.78. The maximum absolute atomic E-state index is 12.4. The summed E-state index contributed by atoms with van der Waals surface area (Å²) in [6.07, 6.45) is 4.38. The van der Waals surface area contributed by atoms with Crippen LogP contribution in [0.1, 0.15) is 29.6 Å². The summed E-state index contributed by atoms with van der Waals surface area (Å²) in [6.45, 7) is 4.35. The molecule has 1 aromatic carbocycles. The van der Waals surface area contributed by atoms with Crippen LogP contribution in [0, 0.1) is 10.1 Å². The number of hydrogen-bond acceptors (Lipinski definition) is 3. The monoisotopic (exact) mass is 260 g/mol. The minimum absolute atomic E-state index is 0.116. The van der Waals surface area contributed by atoms with E-state index in [1.165, 1.54) is 12.1 Å². The van der Waals surface area contributed by atoms with Crippen molar-refractivity contribution in [2.45, 2.75) is 25.3 Å². The molecule has 0 spiro atoms. The number of carbonyl (C=O) groups excluding carboxylic acids is 1. The molecule has 1 amide bonds. The summed E-state index contributed by atoms with van der Waals surface area (Å²) in [5.41, 5.74) is 0.0419. The van der Waals surface area contributed by atoms with Crippen LogP contribution < -0.4 is 0 Å². The van der Waals surface area contributed by atoms with Crippen molar-refractivity contribution < 1.29 is 9.72 Å². The number of para-hydroxylation sites is 1. The van der Waals surface area contributed by atoms with E-state index in [2.05, 4.69) is 6.58 Å². The third-order valence-corrected chi connectivity index (χ3v) is 3.41. The lowest BCUT2D eigenvalue weighted by Gasteiger charge is -2.23. The number of nitro groups is 1. The number of benzene rings is 1. The zero-order chi connectivity index (χ0) is 13.8. The normalized spacial score (nSPS) is 18.3. The third-order valence-electron chi connectivity index (χ3n) is 3.41. The lowest BCUT2D eigenvalue weighted by Crippen LogP contribution is -2.35. The molecular weight excluding hydrogens is 244 g/mol. The van der Waals surface area contributed by atoms with Gasteiger partial charge in [0.05, 0.1) is 4.92 Å². The van der Waals surface area contributed by atoms with Gasteiger partial charge in [0, 0.05) is 18.7 Å². The van der Waals surface area contributed by atoms with Crippen molar-refractivity contribution in [3.8, 4) is 0 Å². The van der Waals surface area contributed by atoms with Gasteiger partial charge >= 0.3 is 0 Å². The third kappa shape index (κ3) is 2.65. The Labute approximate surface area is 111 Å². The molecule has 0 bridgehead atoms. The van der Waals surface area contributed by atoms with Gasteiger partial charge in [-0.2, -0.15) is 0 Å². The molecule has 0 saturated carbocycles. The Kier molecular flexibility index (Phi) is 3.94. The minimum Gasteiger partial charge on any atom is -0.335 e. The van der Waals surface area contributed by atoms with Crippen LogP contribution in [0.5, 0.6) is 0 Å². The Morgan fingerprint density at radius 3 is 2.95 bits per heavy atom. The second kappa shape index (κ2) is 5.65. The number of hydrogen-bond donors (Lipinski definition) is 0. The summed E-state index contributed by atoms with van der Waals surface area (Å²) in [6, 6.07) is 6.22. The van der Waals surface area contributed by atoms with Crippen LogP contribution in [0.15, 0.2) is 36.9 Å². The van der Waals surface area contributed by atoms with E-state index in [-0.39, 0.29) is 23.2 Å². The summed E-state index contributed by atoms with van der Waals surface area (Å²) in [7, 11) is 0. The SMILES string of the molecule is C=CCC1CCCN1C(=O)c1ccccc1[N+](=O)[O-]. The highest BCUT2D eigenvalue weighted by Gasteiger charge is 2.31. The molecule has 100 valence electrons. The average molecular weight is 260 g/mol. The van der Waals surface area contributed by atoms with Crippen molar-refractivity contribution in [3.05, 3.63) is 52.6 Å². The average Bonchev–Trinajstić information content (AvgIpc) is 2.86. The van der Waals surface area contributed by atoms with Crippen LogP contribution in [0.3, 0.4) is 0 Å². The molecule has 1 unspecified atom stereocenters. The van der Waals surface area contributed by atoms with E-state index >= 15 is 0 Å². The van der Waals surface area contributed by atoms with E-state index in [1.807, 2.05) is 0 Å². The van der Waals surface area contributed by atoms with E-state index < -0.39 is 4.92 Å². The van der Waals surface area contributed by atoms with Crippen molar-refractivity contribution in [1.82, 2.24) is 4.90 Å². The second-order valence-electron chi connectivity index (χ2n) is 4.59. The Balaban J connectivity index is 2.29. The molecule has 2 rings (SSSR count). The molecule has 1 fully saturated rings. The van der Waals surface area contributed by atoms with Gasteiger partial charge in [-0.1, -0.05) is 18.2 Å². The molecule has 1 heterocycles. The summed E-state index contributed by atoms with van der Waals surface area (Å²) in [5, 5.41) is 11.0. The van der Waals surface area contributed by atoms with Crippen LogP contribution in [0.4, 0.5) is 5.69 Å². The summed E-state index contributed by atoms with van der Waals surface area (Å²) < 4.78 is 0. The smallest absolute Gasteiger partial charge is 0.282 e. The molecule has 0 aromatic heterocycles. The van der Waals surface area contributed by atoms with Crippen molar-refractivity contribution >= 4 is 11.6 Å². The molecule has 5 nitrogen and oxygen atoms in total. The van der Waals surface area contributed by atoms with Crippen LogP contribution in [0.25, 0.3) is 0 Å². The maximum atomic E-state index is 12.4. The Bertz CT molecular complexity index is 513. The first-order chi connectivity index (χ1) is 9.15. The van der Waals surface area contributed by atoms with E-state index in [0.29, 0.717) is 6.54 Å². The number of nitrogens with zero attached hydrogens (tertiary/aromatic N) is 2. The number of likely N-dealkylation sites (tertiary alicyclic amines) is 1. The van der Waals surface area contributed by atoms with E-state index in [1.54, 1.807) is 23.1 Å². The molecule has 0 radical (unpaired) electrons. The highest BCUT2D eigenvalue weighted by molar-refractivity contribution is 5.98. The number of carbonyl (C=O) groups is 1. The van der Waals surface area contributed by atoms with Crippen LogP contribution >= 0.6 is 0 Å². The molecule has 5 heteroatoms. The number of amides is 1. The number of rotatable bonds is 4. The van der Waals surface area contributed by atoms with E-state index in [9.17, 15) is 14.9 Å². The van der Waals surface area contributed by atoms with Crippen molar-refractivity contribution in [3.63, 3.8) is 0 Å². The molecule has 1 saturated heterocycles. The van der Waals surface area contributed by atoms with Crippen LogP contribution in [-0.2, 0) is 0 Å². The Morgan fingerprint density at radius 1 is 1.53 bits per heavy atom. The fourth-order valence-electron chi connectivity index (χ4n) is 2.51. The first-order valence-corrected chi connectivity index (χ1v) is 6.30. The van der Waals surface area contributed by atoms with Crippen LogP contribution in [-0.4, -0.2) is 28.3 Å².